The maximum Gasteiger partial charge on any atom is 0.116 e. The molecule has 0 radical (unpaired) electrons. The minimum absolute atomic E-state index is 0.155. The Hall–Kier alpha value is -1.65. The Balaban J connectivity index is 2.53. The first-order valence-corrected chi connectivity index (χ1v) is 5.93. The van der Waals surface area contributed by atoms with E-state index in [1.807, 2.05) is 25.1 Å². The Morgan fingerprint density at radius 2 is 2.28 bits per heavy atom. The topological polar surface area (TPSA) is 50.9 Å². The molecule has 0 bridgehead atoms. The van der Waals surface area contributed by atoms with Gasteiger partial charge in [0.25, 0.3) is 0 Å². The van der Waals surface area contributed by atoms with Gasteiger partial charge in [0, 0.05) is 10.6 Å². The second-order valence-corrected chi connectivity index (χ2v) is 4.60. The summed E-state index contributed by atoms with van der Waals surface area (Å²) in [6.07, 6.45) is 0. The summed E-state index contributed by atoms with van der Waals surface area (Å²) < 4.78 is 1.72. The van der Waals surface area contributed by atoms with Crippen LogP contribution < -0.4 is 0 Å². The second-order valence-electron chi connectivity index (χ2n) is 4.17. The number of aliphatic hydroxyl groups is 1. The fourth-order valence-corrected chi connectivity index (χ4v) is 1.96. The predicted octanol–water partition coefficient (Wildman–Crippen LogP) is 2.67. The number of allylic oxidation sites excluding steroid dienone is 1. The normalized spacial score (nSPS) is 10.6. The SMILES string of the molecule is C=C(C)Cn1nnc(CO)c1-c1cccc(Cl)c1. The highest BCUT2D eigenvalue weighted by Gasteiger charge is 2.14. The Bertz CT molecular complexity index is 577. The molecule has 0 aliphatic rings. The molecule has 4 nitrogen and oxygen atoms in total. The maximum absolute atomic E-state index is 9.33. The van der Waals surface area contributed by atoms with E-state index in [-0.39, 0.29) is 6.61 Å². The summed E-state index contributed by atoms with van der Waals surface area (Å²) in [7, 11) is 0. The molecule has 0 amide bonds. The molecule has 1 aromatic heterocycles. The lowest BCUT2D eigenvalue weighted by Crippen LogP contribution is -2.03. The van der Waals surface area contributed by atoms with Crippen molar-refractivity contribution in [3.05, 3.63) is 47.1 Å². The van der Waals surface area contributed by atoms with Crippen LogP contribution in [0.1, 0.15) is 12.6 Å². The number of rotatable bonds is 4. The largest absolute Gasteiger partial charge is 0.390 e. The lowest BCUT2D eigenvalue weighted by atomic mass is 10.1. The first-order chi connectivity index (χ1) is 8.61. The van der Waals surface area contributed by atoms with Crippen LogP contribution in [-0.2, 0) is 13.2 Å². The molecule has 94 valence electrons. The van der Waals surface area contributed by atoms with Crippen LogP contribution in [0.25, 0.3) is 11.3 Å². The molecule has 2 rings (SSSR count). The van der Waals surface area contributed by atoms with E-state index in [9.17, 15) is 5.11 Å². The highest BCUT2D eigenvalue weighted by atomic mass is 35.5. The molecular formula is C13H14ClN3O. The molecule has 0 fully saturated rings. The summed E-state index contributed by atoms with van der Waals surface area (Å²) in [6, 6.07) is 7.40. The van der Waals surface area contributed by atoms with Gasteiger partial charge in [0.15, 0.2) is 0 Å². The van der Waals surface area contributed by atoms with Gasteiger partial charge >= 0.3 is 0 Å². The summed E-state index contributed by atoms with van der Waals surface area (Å²) in [6.45, 7) is 6.19. The fraction of sp³-hybridized carbons (Fsp3) is 0.231. The van der Waals surface area contributed by atoms with E-state index >= 15 is 0 Å². The Kier molecular flexibility index (Phi) is 3.79. The molecule has 1 aromatic carbocycles. The predicted molar refractivity (Wildman–Crippen MR) is 71.2 cm³/mol. The number of aliphatic hydroxyl groups excluding tert-OH is 1. The van der Waals surface area contributed by atoms with Crippen molar-refractivity contribution in [1.29, 1.82) is 0 Å². The Labute approximate surface area is 111 Å². The number of halogens is 1. The summed E-state index contributed by atoms with van der Waals surface area (Å²) in [5, 5.41) is 18.0. The lowest BCUT2D eigenvalue weighted by Gasteiger charge is -2.07. The van der Waals surface area contributed by atoms with Crippen molar-refractivity contribution >= 4 is 11.6 Å². The molecule has 5 heteroatoms. The van der Waals surface area contributed by atoms with Crippen molar-refractivity contribution < 1.29 is 5.11 Å². The molecule has 1 heterocycles. The van der Waals surface area contributed by atoms with Crippen LogP contribution >= 0.6 is 11.6 Å². The molecule has 0 unspecified atom stereocenters. The van der Waals surface area contributed by atoms with Gasteiger partial charge in [-0.25, -0.2) is 4.68 Å². The monoisotopic (exact) mass is 263 g/mol. The van der Waals surface area contributed by atoms with E-state index in [1.165, 1.54) is 0 Å². The molecule has 0 saturated carbocycles. The van der Waals surface area contributed by atoms with Crippen LogP contribution in [0.4, 0.5) is 0 Å². The van der Waals surface area contributed by atoms with Crippen LogP contribution in [0.5, 0.6) is 0 Å². The summed E-state index contributed by atoms with van der Waals surface area (Å²) in [5.74, 6) is 0. The van der Waals surface area contributed by atoms with E-state index in [2.05, 4.69) is 16.9 Å². The summed E-state index contributed by atoms with van der Waals surface area (Å²) >= 11 is 5.99. The maximum atomic E-state index is 9.33. The first-order valence-electron chi connectivity index (χ1n) is 5.55. The number of benzene rings is 1. The third-order valence-electron chi connectivity index (χ3n) is 2.47. The summed E-state index contributed by atoms with van der Waals surface area (Å²) in [4.78, 5) is 0. The highest BCUT2D eigenvalue weighted by molar-refractivity contribution is 6.30. The highest BCUT2D eigenvalue weighted by Crippen LogP contribution is 2.25. The lowest BCUT2D eigenvalue weighted by molar-refractivity contribution is 0.277. The average Bonchev–Trinajstić information content (AvgIpc) is 2.71. The third kappa shape index (κ3) is 2.60. The molecular weight excluding hydrogens is 250 g/mol. The van der Waals surface area contributed by atoms with E-state index in [0.29, 0.717) is 17.3 Å². The molecule has 1 N–H and O–H groups in total. The van der Waals surface area contributed by atoms with Gasteiger partial charge in [-0.1, -0.05) is 41.1 Å². The van der Waals surface area contributed by atoms with Gasteiger partial charge in [0.1, 0.15) is 5.69 Å². The molecule has 0 saturated heterocycles. The quantitative estimate of drug-likeness (QED) is 0.863. The zero-order valence-electron chi connectivity index (χ0n) is 10.1. The van der Waals surface area contributed by atoms with Crippen LogP contribution in [-0.4, -0.2) is 20.1 Å². The van der Waals surface area contributed by atoms with Gasteiger partial charge in [-0.2, -0.15) is 0 Å². The molecule has 2 aromatic rings. The molecule has 0 spiro atoms. The minimum Gasteiger partial charge on any atom is -0.390 e. The standard InChI is InChI=1S/C13H14ClN3O/c1-9(2)7-17-13(12(8-18)15-16-17)10-4-3-5-11(14)6-10/h3-6,18H,1,7-8H2,2H3. The van der Waals surface area contributed by atoms with Crippen molar-refractivity contribution in [3.8, 4) is 11.3 Å². The number of hydrogen-bond acceptors (Lipinski definition) is 3. The average molecular weight is 264 g/mol. The van der Waals surface area contributed by atoms with Crippen LogP contribution in [0, 0.1) is 0 Å². The van der Waals surface area contributed by atoms with Crippen molar-refractivity contribution in [3.63, 3.8) is 0 Å². The van der Waals surface area contributed by atoms with E-state index in [4.69, 9.17) is 11.6 Å². The minimum atomic E-state index is -0.155. The molecule has 0 atom stereocenters. The Morgan fingerprint density at radius 1 is 1.50 bits per heavy atom. The van der Waals surface area contributed by atoms with Crippen molar-refractivity contribution in [2.24, 2.45) is 0 Å². The van der Waals surface area contributed by atoms with Crippen LogP contribution in [0.15, 0.2) is 36.4 Å². The summed E-state index contributed by atoms with van der Waals surface area (Å²) in [5.41, 5.74) is 3.17. The van der Waals surface area contributed by atoms with Gasteiger partial charge < -0.3 is 5.11 Å². The first kappa shape index (κ1) is 12.8. The van der Waals surface area contributed by atoms with E-state index < -0.39 is 0 Å². The molecule has 0 aliphatic heterocycles. The van der Waals surface area contributed by atoms with Gasteiger partial charge in [-0.05, 0) is 19.1 Å². The zero-order valence-corrected chi connectivity index (χ0v) is 10.9. The fourth-order valence-electron chi connectivity index (χ4n) is 1.77. The number of aromatic nitrogens is 3. The van der Waals surface area contributed by atoms with Gasteiger partial charge in [0.2, 0.25) is 0 Å². The van der Waals surface area contributed by atoms with Crippen LogP contribution in [0.3, 0.4) is 0 Å². The van der Waals surface area contributed by atoms with Crippen molar-refractivity contribution in [2.75, 3.05) is 0 Å². The van der Waals surface area contributed by atoms with Crippen molar-refractivity contribution in [1.82, 2.24) is 15.0 Å². The Morgan fingerprint density at radius 3 is 2.89 bits per heavy atom. The second kappa shape index (κ2) is 5.33. The molecule has 0 aliphatic carbocycles. The number of nitrogens with zero attached hydrogens (tertiary/aromatic N) is 3. The van der Waals surface area contributed by atoms with E-state index in [1.54, 1.807) is 10.7 Å². The zero-order chi connectivity index (χ0) is 13.1. The van der Waals surface area contributed by atoms with Crippen molar-refractivity contribution in [2.45, 2.75) is 20.1 Å². The third-order valence-corrected chi connectivity index (χ3v) is 2.71. The van der Waals surface area contributed by atoms with Gasteiger partial charge in [0.05, 0.1) is 18.8 Å². The molecule has 18 heavy (non-hydrogen) atoms. The number of hydrogen-bond donors (Lipinski definition) is 1. The van der Waals surface area contributed by atoms with Gasteiger partial charge in [-0.15, -0.1) is 5.10 Å². The van der Waals surface area contributed by atoms with E-state index in [0.717, 1.165) is 16.8 Å². The smallest absolute Gasteiger partial charge is 0.116 e. The van der Waals surface area contributed by atoms with Gasteiger partial charge in [-0.3, -0.25) is 0 Å². The van der Waals surface area contributed by atoms with Crippen LogP contribution in [0.2, 0.25) is 5.02 Å².